The van der Waals surface area contributed by atoms with Crippen molar-refractivity contribution in [2.45, 2.75) is 63.9 Å². The van der Waals surface area contributed by atoms with Crippen LogP contribution in [-0.4, -0.2) is 85.9 Å². The molecular formula is C19H32N6O7. The van der Waals surface area contributed by atoms with Gasteiger partial charge >= 0.3 is 5.97 Å². The number of carboxylic acids is 1. The molecule has 0 radical (unpaired) electrons. The number of carbonyl (C=O) groups is 4. The number of hydrogen-bond donors (Lipinski definition) is 8. The van der Waals surface area contributed by atoms with Crippen molar-refractivity contribution < 1.29 is 34.5 Å². The molecule has 32 heavy (non-hydrogen) atoms. The van der Waals surface area contributed by atoms with Crippen LogP contribution in [0.2, 0.25) is 0 Å². The Kier molecular flexibility index (Phi) is 10.7. The molecule has 0 spiro atoms. The Morgan fingerprint density at radius 2 is 1.69 bits per heavy atom. The quantitative estimate of drug-likeness (QED) is 0.154. The van der Waals surface area contributed by atoms with Gasteiger partial charge in [0.2, 0.25) is 17.7 Å². The first kappa shape index (κ1) is 27.0. The summed E-state index contributed by atoms with van der Waals surface area (Å²) in [5, 5.41) is 34.9. The highest BCUT2D eigenvalue weighted by molar-refractivity contribution is 5.94. The SMILES string of the molecule is CC(C)CC(NC(=O)C(N)Cc1cnc[nH]1)C(=O)NC(C(=O)NC(CO)C(=O)O)C(C)O. The van der Waals surface area contributed by atoms with Gasteiger partial charge in [-0.3, -0.25) is 14.4 Å². The Morgan fingerprint density at radius 3 is 2.16 bits per heavy atom. The summed E-state index contributed by atoms with van der Waals surface area (Å²) in [5.74, 6) is -3.84. The summed E-state index contributed by atoms with van der Waals surface area (Å²) in [6, 6.07) is -5.14. The molecule has 3 amide bonds. The Balaban J connectivity index is 2.87. The van der Waals surface area contributed by atoms with Gasteiger partial charge < -0.3 is 42.0 Å². The Bertz CT molecular complexity index is 768. The third kappa shape index (κ3) is 8.61. The minimum Gasteiger partial charge on any atom is -0.480 e. The molecule has 180 valence electrons. The second-order valence-corrected chi connectivity index (χ2v) is 7.89. The molecule has 0 aliphatic rings. The van der Waals surface area contributed by atoms with E-state index >= 15 is 0 Å². The zero-order valence-electron chi connectivity index (χ0n) is 18.2. The van der Waals surface area contributed by atoms with Gasteiger partial charge in [0.25, 0.3) is 0 Å². The van der Waals surface area contributed by atoms with E-state index in [0.717, 1.165) is 0 Å². The number of carboxylic acid groups (broad SMARTS) is 1. The van der Waals surface area contributed by atoms with Crippen molar-refractivity contribution in [1.29, 1.82) is 0 Å². The molecule has 1 rings (SSSR count). The van der Waals surface area contributed by atoms with Gasteiger partial charge in [-0.15, -0.1) is 0 Å². The maximum absolute atomic E-state index is 12.8. The van der Waals surface area contributed by atoms with Crippen LogP contribution in [0.5, 0.6) is 0 Å². The molecule has 0 saturated carbocycles. The Hall–Kier alpha value is -3.03. The molecule has 0 bridgehead atoms. The number of aromatic amines is 1. The lowest BCUT2D eigenvalue weighted by atomic mass is 10.0. The predicted molar refractivity (Wildman–Crippen MR) is 112 cm³/mol. The zero-order chi connectivity index (χ0) is 24.4. The van der Waals surface area contributed by atoms with Crippen LogP contribution < -0.4 is 21.7 Å². The highest BCUT2D eigenvalue weighted by atomic mass is 16.4. The van der Waals surface area contributed by atoms with E-state index in [4.69, 9.17) is 15.9 Å². The number of aliphatic carboxylic acids is 1. The van der Waals surface area contributed by atoms with E-state index in [9.17, 15) is 24.3 Å². The van der Waals surface area contributed by atoms with Crippen molar-refractivity contribution in [3.8, 4) is 0 Å². The van der Waals surface area contributed by atoms with Crippen molar-refractivity contribution in [1.82, 2.24) is 25.9 Å². The summed E-state index contributed by atoms with van der Waals surface area (Å²) in [6.07, 6.45) is 1.97. The smallest absolute Gasteiger partial charge is 0.328 e. The minimum absolute atomic E-state index is 0.0144. The summed E-state index contributed by atoms with van der Waals surface area (Å²) in [6.45, 7) is 4.01. The summed E-state index contributed by atoms with van der Waals surface area (Å²) >= 11 is 0. The average Bonchev–Trinajstić information content (AvgIpc) is 3.21. The fourth-order valence-electron chi connectivity index (χ4n) is 2.81. The van der Waals surface area contributed by atoms with E-state index in [2.05, 4.69) is 20.6 Å². The standard InChI is InChI=1S/C19H32N6O7/c1-9(2)4-13(23-16(28)12(20)5-11-6-21-8-22-11)17(29)25-15(10(3)27)18(30)24-14(7-26)19(31)32/h6,8-10,12-15,26-27H,4-5,7,20H2,1-3H3,(H,21,22)(H,23,28)(H,24,30)(H,25,29)(H,31,32). The number of nitrogens with zero attached hydrogens (tertiary/aromatic N) is 1. The van der Waals surface area contributed by atoms with E-state index in [0.29, 0.717) is 5.69 Å². The average molecular weight is 457 g/mol. The molecule has 0 aliphatic heterocycles. The molecule has 0 fully saturated rings. The number of imidazole rings is 1. The van der Waals surface area contributed by atoms with Crippen LogP contribution >= 0.6 is 0 Å². The van der Waals surface area contributed by atoms with Gasteiger partial charge in [-0.1, -0.05) is 13.8 Å². The molecule has 13 heteroatoms. The van der Waals surface area contributed by atoms with E-state index in [-0.39, 0.29) is 18.8 Å². The van der Waals surface area contributed by atoms with Crippen molar-refractivity contribution in [2.24, 2.45) is 11.7 Å². The van der Waals surface area contributed by atoms with Gasteiger partial charge in [-0.2, -0.15) is 0 Å². The van der Waals surface area contributed by atoms with Crippen LogP contribution in [0.4, 0.5) is 0 Å². The minimum atomic E-state index is -1.60. The lowest BCUT2D eigenvalue weighted by Crippen LogP contribution is -2.60. The molecule has 0 aromatic carbocycles. The molecule has 0 aliphatic carbocycles. The number of nitrogens with two attached hydrogens (primary N) is 1. The van der Waals surface area contributed by atoms with E-state index in [1.165, 1.54) is 19.4 Å². The van der Waals surface area contributed by atoms with Crippen molar-refractivity contribution >= 4 is 23.7 Å². The van der Waals surface area contributed by atoms with Crippen molar-refractivity contribution in [2.75, 3.05) is 6.61 Å². The van der Waals surface area contributed by atoms with Crippen LogP contribution in [0.1, 0.15) is 32.9 Å². The topological polar surface area (TPSA) is 220 Å². The number of aliphatic hydroxyl groups is 2. The van der Waals surface area contributed by atoms with Gasteiger partial charge in [0.1, 0.15) is 18.1 Å². The first-order valence-electron chi connectivity index (χ1n) is 10.1. The van der Waals surface area contributed by atoms with Gasteiger partial charge in [0.15, 0.2) is 0 Å². The van der Waals surface area contributed by atoms with Gasteiger partial charge in [0, 0.05) is 18.3 Å². The number of hydrogen-bond acceptors (Lipinski definition) is 8. The lowest BCUT2D eigenvalue weighted by molar-refractivity contribution is -0.144. The van der Waals surface area contributed by atoms with Crippen LogP contribution in [0.3, 0.4) is 0 Å². The van der Waals surface area contributed by atoms with Gasteiger partial charge in [0.05, 0.1) is 25.1 Å². The fourth-order valence-corrected chi connectivity index (χ4v) is 2.81. The maximum Gasteiger partial charge on any atom is 0.328 e. The third-order valence-electron chi connectivity index (χ3n) is 4.53. The van der Waals surface area contributed by atoms with Crippen LogP contribution in [0.15, 0.2) is 12.5 Å². The summed E-state index contributed by atoms with van der Waals surface area (Å²) in [7, 11) is 0. The van der Waals surface area contributed by atoms with Gasteiger partial charge in [-0.05, 0) is 19.3 Å². The lowest BCUT2D eigenvalue weighted by Gasteiger charge is -2.27. The third-order valence-corrected chi connectivity index (χ3v) is 4.53. The molecular weight excluding hydrogens is 424 g/mol. The zero-order valence-corrected chi connectivity index (χ0v) is 18.2. The number of aliphatic hydroxyl groups excluding tert-OH is 2. The largest absolute Gasteiger partial charge is 0.480 e. The normalized spacial score (nSPS) is 15.8. The molecule has 1 aromatic rings. The summed E-state index contributed by atoms with van der Waals surface area (Å²) in [5.41, 5.74) is 6.55. The second-order valence-electron chi connectivity index (χ2n) is 7.89. The molecule has 5 unspecified atom stereocenters. The molecule has 0 saturated heterocycles. The maximum atomic E-state index is 12.8. The fraction of sp³-hybridized carbons (Fsp3) is 0.632. The predicted octanol–water partition coefficient (Wildman–Crippen LogP) is -2.76. The van der Waals surface area contributed by atoms with Crippen molar-refractivity contribution in [3.05, 3.63) is 18.2 Å². The molecule has 13 nitrogen and oxygen atoms in total. The van der Waals surface area contributed by atoms with E-state index in [1.54, 1.807) is 0 Å². The van der Waals surface area contributed by atoms with Crippen molar-refractivity contribution in [3.63, 3.8) is 0 Å². The molecule has 1 aromatic heterocycles. The number of nitrogens with one attached hydrogen (secondary N) is 4. The Morgan fingerprint density at radius 1 is 1.06 bits per heavy atom. The molecule has 9 N–H and O–H groups in total. The first-order chi connectivity index (χ1) is 15.0. The number of rotatable bonds is 13. The molecule has 1 heterocycles. The highest BCUT2D eigenvalue weighted by Crippen LogP contribution is 2.07. The Labute approximate surface area is 185 Å². The number of aromatic nitrogens is 2. The summed E-state index contributed by atoms with van der Waals surface area (Å²) < 4.78 is 0. The van der Waals surface area contributed by atoms with Crippen LogP contribution in [-0.2, 0) is 25.6 Å². The first-order valence-corrected chi connectivity index (χ1v) is 10.1. The highest BCUT2D eigenvalue weighted by Gasteiger charge is 2.32. The second kappa shape index (κ2) is 12.7. The number of carbonyl (C=O) groups excluding carboxylic acids is 3. The van der Waals surface area contributed by atoms with Gasteiger partial charge in [-0.25, -0.2) is 9.78 Å². The van der Waals surface area contributed by atoms with Crippen LogP contribution in [0, 0.1) is 5.92 Å². The number of H-pyrrole nitrogens is 1. The molecule has 5 atom stereocenters. The number of amides is 3. The van der Waals surface area contributed by atoms with E-state index in [1.807, 2.05) is 19.2 Å². The van der Waals surface area contributed by atoms with Crippen LogP contribution in [0.25, 0.3) is 0 Å². The van der Waals surface area contributed by atoms with E-state index < -0.39 is 60.6 Å². The monoisotopic (exact) mass is 456 g/mol. The summed E-state index contributed by atoms with van der Waals surface area (Å²) in [4.78, 5) is 55.4.